The van der Waals surface area contributed by atoms with Gasteiger partial charge >= 0.3 is 0 Å². The van der Waals surface area contributed by atoms with E-state index in [9.17, 15) is 14.4 Å². The van der Waals surface area contributed by atoms with Gasteiger partial charge in [-0.2, -0.15) is 0 Å². The van der Waals surface area contributed by atoms with Crippen molar-refractivity contribution in [1.29, 1.82) is 0 Å². The zero-order valence-electron chi connectivity index (χ0n) is 17.8. The lowest BCUT2D eigenvalue weighted by atomic mass is 9.86. The number of hydrogen-bond donors (Lipinski definition) is 3. The lowest BCUT2D eigenvalue weighted by Crippen LogP contribution is -2.41. The minimum absolute atomic E-state index is 0.00578. The maximum absolute atomic E-state index is 12.5. The van der Waals surface area contributed by atoms with Crippen molar-refractivity contribution in [2.75, 3.05) is 10.6 Å². The second kappa shape index (κ2) is 8.90. The van der Waals surface area contributed by atoms with Crippen molar-refractivity contribution in [3.8, 4) is 0 Å². The molecule has 0 saturated carbocycles. The maximum atomic E-state index is 12.5. The summed E-state index contributed by atoms with van der Waals surface area (Å²) in [5, 5.41) is 8.25. The van der Waals surface area contributed by atoms with Crippen LogP contribution >= 0.6 is 0 Å². The minimum Gasteiger partial charge on any atom is -0.341 e. The van der Waals surface area contributed by atoms with Crippen LogP contribution in [0.3, 0.4) is 0 Å². The van der Waals surface area contributed by atoms with Crippen molar-refractivity contribution >= 4 is 29.1 Å². The Labute approximate surface area is 172 Å². The molecule has 6 heteroatoms. The molecule has 3 amide bonds. The number of anilines is 2. The minimum atomic E-state index is -0.728. The predicted octanol–water partition coefficient (Wildman–Crippen LogP) is 4.01. The van der Waals surface area contributed by atoms with Gasteiger partial charge in [0.2, 0.25) is 11.8 Å². The standard InChI is InChI=1S/C23H29N3O3/c1-14-19(25-16(3)27)8-7-9-20(14)26-21(28)15(2)24-22(29)17-10-12-18(13-11-17)23(4,5)6/h7-13,15H,1-6H3,(H,24,29)(H,25,27)(H,26,28). The Balaban J connectivity index is 2.04. The summed E-state index contributed by atoms with van der Waals surface area (Å²) in [5.41, 5.74) is 3.59. The molecule has 0 aliphatic carbocycles. The molecule has 2 aromatic rings. The van der Waals surface area contributed by atoms with Crippen LogP contribution in [0.5, 0.6) is 0 Å². The Morgan fingerprint density at radius 3 is 1.97 bits per heavy atom. The molecule has 0 saturated heterocycles. The first-order valence-electron chi connectivity index (χ1n) is 9.58. The molecule has 1 atom stereocenters. The van der Waals surface area contributed by atoms with Crippen LogP contribution in [0.15, 0.2) is 42.5 Å². The summed E-state index contributed by atoms with van der Waals surface area (Å²) in [6.07, 6.45) is 0. The van der Waals surface area contributed by atoms with E-state index in [-0.39, 0.29) is 23.1 Å². The van der Waals surface area contributed by atoms with Crippen LogP contribution in [0, 0.1) is 6.92 Å². The van der Waals surface area contributed by atoms with Gasteiger partial charge in [0.1, 0.15) is 6.04 Å². The van der Waals surface area contributed by atoms with Gasteiger partial charge in [0, 0.05) is 23.9 Å². The third-order valence-electron chi connectivity index (χ3n) is 4.66. The summed E-state index contributed by atoms with van der Waals surface area (Å²) in [4.78, 5) is 36.3. The summed E-state index contributed by atoms with van der Waals surface area (Å²) in [5.74, 6) is -0.834. The van der Waals surface area contributed by atoms with Crippen LogP contribution in [0.25, 0.3) is 0 Å². The average molecular weight is 396 g/mol. The summed E-state index contributed by atoms with van der Waals surface area (Å²) < 4.78 is 0. The number of nitrogens with one attached hydrogen (secondary N) is 3. The van der Waals surface area contributed by atoms with Gasteiger partial charge in [-0.15, -0.1) is 0 Å². The Morgan fingerprint density at radius 1 is 0.897 bits per heavy atom. The third-order valence-corrected chi connectivity index (χ3v) is 4.66. The van der Waals surface area contributed by atoms with Crippen LogP contribution in [0.2, 0.25) is 0 Å². The first-order chi connectivity index (χ1) is 13.5. The highest BCUT2D eigenvalue weighted by Crippen LogP contribution is 2.24. The van der Waals surface area contributed by atoms with E-state index < -0.39 is 6.04 Å². The Morgan fingerprint density at radius 2 is 1.45 bits per heavy atom. The molecule has 6 nitrogen and oxygen atoms in total. The highest BCUT2D eigenvalue weighted by molar-refractivity contribution is 6.02. The highest BCUT2D eigenvalue weighted by atomic mass is 16.2. The second-order valence-corrected chi connectivity index (χ2v) is 8.17. The SMILES string of the molecule is CC(=O)Nc1cccc(NC(=O)C(C)NC(=O)c2ccc(C(C)(C)C)cc2)c1C. The van der Waals surface area contributed by atoms with Crippen LogP contribution in [-0.4, -0.2) is 23.8 Å². The first-order valence-corrected chi connectivity index (χ1v) is 9.58. The quantitative estimate of drug-likeness (QED) is 0.715. The van der Waals surface area contributed by atoms with Crippen LogP contribution in [-0.2, 0) is 15.0 Å². The molecule has 2 aromatic carbocycles. The molecular formula is C23H29N3O3. The number of benzene rings is 2. The smallest absolute Gasteiger partial charge is 0.251 e. The molecule has 0 bridgehead atoms. The molecule has 0 fully saturated rings. The molecule has 1 unspecified atom stereocenters. The fourth-order valence-corrected chi connectivity index (χ4v) is 2.80. The van der Waals surface area contributed by atoms with E-state index in [1.807, 2.05) is 12.1 Å². The Kier molecular flexibility index (Phi) is 6.80. The lowest BCUT2D eigenvalue weighted by Gasteiger charge is -2.19. The van der Waals surface area contributed by atoms with Crippen molar-refractivity contribution in [2.45, 2.75) is 53.0 Å². The zero-order valence-corrected chi connectivity index (χ0v) is 17.8. The molecule has 0 spiro atoms. The largest absolute Gasteiger partial charge is 0.341 e. The number of rotatable bonds is 5. The van der Waals surface area contributed by atoms with Crippen LogP contribution in [0.1, 0.15) is 56.1 Å². The first kappa shape index (κ1) is 22.1. The van der Waals surface area contributed by atoms with Gasteiger partial charge in [0.15, 0.2) is 0 Å². The monoisotopic (exact) mass is 395 g/mol. The number of carbonyl (C=O) groups is 3. The molecule has 0 aromatic heterocycles. The van der Waals surface area contributed by atoms with Crippen molar-refractivity contribution in [3.05, 3.63) is 59.2 Å². The molecule has 3 N–H and O–H groups in total. The molecule has 2 rings (SSSR count). The number of carbonyl (C=O) groups excluding carboxylic acids is 3. The van der Waals surface area contributed by atoms with E-state index in [2.05, 4.69) is 36.7 Å². The summed E-state index contributed by atoms with van der Waals surface area (Å²) in [6, 6.07) is 11.9. The average Bonchev–Trinajstić information content (AvgIpc) is 2.63. The van der Waals surface area contributed by atoms with Gasteiger partial charge in [-0.1, -0.05) is 39.0 Å². The highest BCUT2D eigenvalue weighted by Gasteiger charge is 2.19. The predicted molar refractivity (Wildman–Crippen MR) is 116 cm³/mol. The Bertz CT molecular complexity index is 912. The fraction of sp³-hybridized carbons (Fsp3) is 0.348. The van der Waals surface area contributed by atoms with E-state index in [4.69, 9.17) is 0 Å². The maximum Gasteiger partial charge on any atom is 0.251 e. The van der Waals surface area contributed by atoms with Crippen LogP contribution in [0.4, 0.5) is 11.4 Å². The summed E-state index contributed by atoms with van der Waals surface area (Å²) in [7, 11) is 0. The van der Waals surface area contributed by atoms with Crippen molar-refractivity contribution in [2.24, 2.45) is 0 Å². The lowest BCUT2D eigenvalue weighted by molar-refractivity contribution is -0.117. The van der Waals surface area contributed by atoms with E-state index in [1.54, 1.807) is 44.2 Å². The van der Waals surface area contributed by atoms with Crippen molar-refractivity contribution in [3.63, 3.8) is 0 Å². The summed E-state index contributed by atoms with van der Waals surface area (Å²) in [6.45, 7) is 11.2. The molecule has 0 aliphatic heterocycles. The molecule has 0 aliphatic rings. The number of amides is 3. The second-order valence-electron chi connectivity index (χ2n) is 8.17. The molecule has 29 heavy (non-hydrogen) atoms. The van der Waals surface area contributed by atoms with Crippen molar-refractivity contribution < 1.29 is 14.4 Å². The summed E-state index contributed by atoms with van der Waals surface area (Å²) >= 11 is 0. The van der Waals surface area contributed by atoms with Crippen LogP contribution < -0.4 is 16.0 Å². The van der Waals surface area contributed by atoms with E-state index in [0.717, 1.165) is 11.1 Å². The molecule has 0 radical (unpaired) electrons. The van der Waals surface area contributed by atoms with Gasteiger partial charge in [-0.25, -0.2) is 0 Å². The normalized spacial score (nSPS) is 12.1. The van der Waals surface area contributed by atoms with Gasteiger partial charge < -0.3 is 16.0 Å². The number of hydrogen-bond acceptors (Lipinski definition) is 3. The van der Waals surface area contributed by atoms with E-state index >= 15 is 0 Å². The van der Waals surface area contributed by atoms with Gasteiger partial charge in [0.05, 0.1) is 0 Å². The Hall–Kier alpha value is -3.15. The third kappa shape index (κ3) is 5.91. The van der Waals surface area contributed by atoms with E-state index in [1.165, 1.54) is 6.92 Å². The molecular weight excluding hydrogens is 366 g/mol. The zero-order chi connectivity index (χ0) is 21.8. The fourth-order valence-electron chi connectivity index (χ4n) is 2.80. The van der Waals surface area contributed by atoms with E-state index in [0.29, 0.717) is 16.9 Å². The van der Waals surface area contributed by atoms with Gasteiger partial charge in [-0.3, -0.25) is 14.4 Å². The molecule has 154 valence electrons. The topological polar surface area (TPSA) is 87.3 Å². The van der Waals surface area contributed by atoms with Gasteiger partial charge in [-0.05, 0) is 54.7 Å². The molecule has 0 heterocycles. The van der Waals surface area contributed by atoms with Gasteiger partial charge in [0.25, 0.3) is 5.91 Å². The van der Waals surface area contributed by atoms with Crippen molar-refractivity contribution in [1.82, 2.24) is 5.32 Å².